The first-order valence-corrected chi connectivity index (χ1v) is 12.4. The van der Waals surface area contributed by atoms with Gasteiger partial charge in [0.25, 0.3) is 0 Å². The molecule has 192 valence electrons. The lowest BCUT2D eigenvalue weighted by Crippen LogP contribution is -2.20. The molecule has 0 atom stereocenters. The van der Waals surface area contributed by atoms with Crippen molar-refractivity contribution in [2.45, 2.75) is 26.9 Å². The van der Waals surface area contributed by atoms with Crippen LogP contribution in [0.25, 0.3) is 11.1 Å². The molecule has 0 aliphatic carbocycles. The molecule has 0 spiro atoms. The summed E-state index contributed by atoms with van der Waals surface area (Å²) >= 11 is 0. The van der Waals surface area contributed by atoms with Crippen LogP contribution in [0.2, 0.25) is 0 Å². The monoisotopic (exact) mass is 506 g/mol. The van der Waals surface area contributed by atoms with E-state index in [1.807, 2.05) is 86.7 Å². The van der Waals surface area contributed by atoms with Gasteiger partial charge in [0.05, 0.1) is 11.3 Å². The van der Waals surface area contributed by atoms with Crippen LogP contribution in [-0.4, -0.2) is 17.1 Å². The summed E-state index contributed by atoms with van der Waals surface area (Å²) in [5, 5.41) is 15.6. The summed E-state index contributed by atoms with van der Waals surface area (Å²) in [6, 6.07) is 27.4. The van der Waals surface area contributed by atoms with E-state index in [0.717, 1.165) is 16.7 Å². The molecule has 0 unspecified atom stereocenters. The second-order valence-corrected chi connectivity index (χ2v) is 8.86. The Morgan fingerprint density at radius 2 is 1.61 bits per heavy atom. The van der Waals surface area contributed by atoms with E-state index in [2.05, 4.69) is 10.6 Å². The zero-order chi connectivity index (χ0) is 26.9. The van der Waals surface area contributed by atoms with E-state index in [-0.39, 0.29) is 5.56 Å². The second-order valence-electron chi connectivity index (χ2n) is 8.86. The fourth-order valence-corrected chi connectivity index (χ4v) is 4.08. The van der Waals surface area contributed by atoms with Crippen molar-refractivity contribution in [3.63, 3.8) is 0 Å². The largest absolute Gasteiger partial charge is 0.486 e. The zero-order valence-corrected chi connectivity index (χ0v) is 21.4. The van der Waals surface area contributed by atoms with E-state index in [0.29, 0.717) is 41.3 Å². The quantitative estimate of drug-likeness (QED) is 0.203. The fraction of sp³-hybridized carbons (Fsp3) is 0.125. The van der Waals surface area contributed by atoms with Gasteiger partial charge in [0.2, 0.25) is 0 Å². The number of amides is 2. The highest BCUT2D eigenvalue weighted by atomic mass is 16.5. The van der Waals surface area contributed by atoms with E-state index in [1.165, 1.54) is 0 Å². The summed E-state index contributed by atoms with van der Waals surface area (Å²) in [7, 11) is 0. The van der Waals surface area contributed by atoms with Gasteiger partial charge in [-0.3, -0.25) is 0 Å². The van der Waals surface area contributed by atoms with Crippen LogP contribution in [0.15, 0.2) is 103 Å². The maximum atomic E-state index is 13.1. The number of carboxylic acid groups (broad SMARTS) is 1. The van der Waals surface area contributed by atoms with Gasteiger partial charge in [-0.2, -0.15) is 0 Å². The third kappa shape index (κ3) is 6.68. The van der Waals surface area contributed by atoms with Crippen molar-refractivity contribution in [2.75, 3.05) is 10.6 Å². The van der Waals surface area contributed by atoms with Crippen molar-refractivity contribution in [3.05, 3.63) is 125 Å². The van der Waals surface area contributed by atoms with Crippen LogP contribution in [0.3, 0.4) is 0 Å². The van der Waals surface area contributed by atoms with Crippen LogP contribution < -0.4 is 15.4 Å². The second kappa shape index (κ2) is 12.4. The summed E-state index contributed by atoms with van der Waals surface area (Å²) in [5.41, 5.74) is 5.40. The lowest BCUT2D eigenvalue weighted by Gasteiger charge is -2.19. The van der Waals surface area contributed by atoms with Gasteiger partial charge in [-0.25, -0.2) is 9.59 Å². The van der Waals surface area contributed by atoms with Crippen molar-refractivity contribution >= 4 is 23.4 Å². The topological polar surface area (TPSA) is 87.7 Å². The van der Waals surface area contributed by atoms with E-state index < -0.39 is 12.0 Å². The Balaban J connectivity index is 1.77. The number of carboxylic acids is 1. The Morgan fingerprint density at radius 3 is 2.32 bits per heavy atom. The molecule has 0 bridgehead atoms. The van der Waals surface area contributed by atoms with E-state index in [4.69, 9.17) is 4.74 Å². The minimum atomic E-state index is -1.02. The minimum absolute atomic E-state index is 0.178. The zero-order valence-electron chi connectivity index (χ0n) is 21.4. The number of carbonyl (C=O) groups excluding carboxylic acids is 1. The Bertz CT molecular complexity index is 1440. The van der Waals surface area contributed by atoms with Crippen molar-refractivity contribution in [1.29, 1.82) is 0 Å². The average molecular weight is 507 g/mol. The van der Waals surface area contributed by atoms with Crippen LogP contribution in [0.5, 0.6) is 5.75 Å². The summed E-state index contributed by atoms with van der Waals surface area (Å²) in [5.74, 6) is -0.491. The average Bonchev–Trinajstić information content (AvgIpc) is 2.93. The van der Waals surface area contributed by atoms with Crippen LogP contribution in [0.4, 0.5) is 16.2 Å². The van der Waals surface area contributed by atoms with Gasteiger partial charge in [0.1, 0.15) is 12.4 Å². The van der Waals surface area contributed by atoms with E-state index >= 15 is 0 Å². The number of hydrogen-bond acceptors (Lipinski definition) is 3. The van der Waals surface area contributed by atoms with Gasteiger partial charge in [-0.1, -0.05) is 78.4 Å². The molecule has 4 aromatic rings. The number of nitrogens with one attached hydrogen (secondary N) is 2. The van der Waals surface area contributed by atoms with Crippen molar-refractivity contribution in [3.8, 4) is 16.9 Å². The van der Waals surface area contributed by atoms with Gasteiger partial charge in [-0.05, 0) is 67.3 Å². The predicted octanol–water partition coefficient (Wildman–Crippen LogP) is 7.70. The van der Waals surface area contributed by atoms with E-state index in [9.17, 15) is 14.7 Å². The fourth-order valence-electron chi connectivity index (χ4n) is 4.08. The van der Waals surface area contributed by atoms with Gasteiger partial charge in [0.15, 0.2) is 0 Å². The number of carbonyl (C=O) groups is 2. The Labute approximate surface area is 222 Å². The molecule has 0 heterocycles. The highest BCUT2D eigenvalue weighted by Gasteiger charge is 2.18. The minimum Gasteiger partial charge on any atom is -0.486 e. The summed E-state index contributed by atoms with van der Waals surface area (Å²) in [4.78, 5) is 25.0. The van der Waals surface area contributed by atoms with Gasteiger partial charge < -0.3 is 20.5 Å². The highest BCUT2D eigenvalue weighted by Crippen LogP contribution is 2.37. The molecule has 2 amide bonds. The molecule has 6 nitrogen and oxygen atoms in total. The van der Waals surface area contributed by atoms with Crippen molar-refractivity contribution in [1.82, 2.24) is 0 Å². The third-order valence-electron chi connectivity index (χ3n) is 5.99. The number of aryl methyl sites for hydroxylation is 1. The molecule has 0 aromatic heterocycles. The van der Waals surface area contributed by atoms with Crippen molar-refractivity contribution in [2.24, 2.45) is 0 Å². The molecular weight excluding hydrogens is 476 g/mol. The van der Waals surface area contributed by atoms with Gasteiger partial charge in [0, 0.05) is 11.3 Å². The molecule has 38 heavy (non-hydrogen) atoms. The first-order valence-electron chi connectivity index (χ1n) is 12.4. The van der Waals surface area contributed by atoms with Crippen LogP contribution in [0, 0.1) is 6.92 Å². The van der Waals surface area contributed by atoms with Gasteiger partial charge in [-0.15, -0.1) is 0 Å². The van der Waals surface area contributed by atoms with Gasteiger partial charge >= 0.3 is 12.0 Å². The molecule has 4 aromatic carbocycles. The maximum absolute atomic E-state index is 13.1. The number of urea groups is 1. The molecular formula is C32H30N2O4. The van der Waals surface area contributed by atoms with Crippen molar-refractivity contribution < 1.29 is 19.4 Å². The standard InChI is InChI=1S/C32H30N2O4/c1-3-4-12-24-19-25(27-13-8-9-14-28(27)31(35)36)20-29(30(24)38-21-23-10-6-5-7-11-23)34-32(37)33-26-17-15-22(2)16-18-26/h3-11,13-20H,12,21H2,1-2H3,(H,35,36)(H2,33,34,37)/b4-3+. The normalized spacial score (nSPS) is 10.8. The molecule has 0 saturated carbocycles. The Kier molecular flexibility index (Phi) is 8.57. The highest BCUT2D eigenvalue weighted by molar-refractivity contribution is 6.02. The summed E-state index contributed by atoms with van der Waals surface area (Å²) < 4.78 is 6.29. The van der Waals surface area contributed by atoms with Crippen LogP contribution in [-0.2, 0) is 13.0 Å². The number of benzene rings is 4. The number of rotatable bonds is 9. The van der Waals surface area contributed by atoms with Crippen LogP contribution in [0.1, 0.15) is 34.0 Å². The first kappa shape index (κ1) is 26.2. The Morgan fingerprint density at radius 1 is 0.895 bits per heavy atom. The molecule has 0 aliphatic heterocycles. The van der Waals surface area contributed by atoms with E-state index in [1.54, 1.807) is 30.3 Å². The molecule has 6 heteroatoms. The molecule has 0 radical (unpaired) electrons. The number of hydrogen-bond donors (Lipinski definition) is 3. The summed E-state index contributed by atoms with van der Waals surface area (Å²) in [6.45, 7) is 4.22. The maximum Gasteiger partial charge on any atom is 0.336 e. The number of allylic oxidation sites excluding steroid dienone is 2. The first-order chi connectivity index (χ1) is 18.4. The molecule has 0 saturated heterocycles. The number of anilines is 2. The molecule has 3 N–H and O–H groups in total. The smallest absolute Gasteiger partial charge is 0.336 e. The lowest BCUT2D eigenvalue weighted by atomic mass is 9.95. The SMILES string of the molecule is C/C=C/Cc1cc(-c2ccccc2C(=O)O)cc(NC(=O)Nc2ccc(C)cc2)c1OCc1ccccc1. The predicted molar refractivity (Wildman–Crippen MR) is 152 cm³/mol. The lowest BCUT2D eigenvalue weighted by molar-refractivity contribution is 0.0697. The molecule has 4 rings (SSSR count). The number of aromatic carboxylic acids is 1. The third-order valence-corrected chi connectivity index (χ3v) is 5.99. The molecule has 0 aliphatic rings. The Hall–Kier alpha value is -4.84. The molecule has 0 fully saturated rings. The van der Waals surface area contributed by atoms with Crippen LogP contribution >= 0.6 is 0 Å². The summed E-state index contributed by atoms with van der Waals surface area (Å²) in [6.07, 6.45) is 4.47. The number of ether oxygens (including phenoxy) is 1.